The molecule has 24 heavy (non-hydrogen) atoms. The van der Waals surface area contributed by atoms with Crippen LogP contribution in [0.3, 0.4) is 0 Å². The number of para-hydroxylation sites is 1. The maximum Gasteiger partial charge on any atom is 0.234 e. The summed E-state index contributed by atoms with van der Waals surface area (Å²) >= 11 is 6.53. The lowest BCUT2D eigenvalue weighted by Gasteiger charge is -2.17. The number of nitrogens with one attached hydrogen (secondary N) is 2. The van der Waals surface area contributed by atoms with Gasteiger partial charge in [0.05, 0.1) is 18.9 Å². The van der Waals surface area contributed by atoms with Crippen LogP contribution in [-0.4, -0.2) is 40.2 Å². The summed E-state index contributed by atoms with van der Waals surface area (Å²) in [4.78, 5) is 13.6. The van der Waals surface area contributed by atoms with Crippen molar-refractivity contribution in [3.63, 3.8) is 0 Å². The molecule has 0 bridgehead atoms. The van der Waals surface area contributed by atoms with E-state index in [1.54, 1.807) is 27.8 Å². The maximum atomic E-state index is 13.7. The van der Waals surface area contributed by atoms with Gasteiger partial charge < -0.3 is 10.6 Å². The van der Waals surface area contributed by atoms with E-state index in [1.807, 2.05) is 20.9 Å². The third kappa shape index (κ3) is 5.36. The standard InChI is InChI=1S/C15H20FN5OS2/c1-10(2)17-13(22)8-20(3)9-21-15(23)24-14(19-21)18-12-7-5-4-6-11(12)16/h4-7,10H,8-9H2,1-3H3,(H,17,22)(H,18,19). The number of likely N-dealkylation sites (N-methyl/N-ethyl adjacent to an activating group) is 1. The molecule has 2 aromatic rings. The summed E-state index contributed by atoms with van der Waals surface area (Å²) in [6.45, 7) is 4.44. The van der Waals surface area contributed by atoms with Gasteiger partial charge in [0.15, 0.2) is 3.95 Å². The van der Waals surface area contributed by atoms with Crippen LogP contribution in [0.1, 0.15) is 13.8 Å². The molecule has 2 rings (SSSR count). The number of nitrogens with zero attached hydrogens (tertiary/aromatic N) is 3. The molecule has 1 aromatic carbocycles. The highest BCUT2D eigenvalue weighted by Gasteiger charge is 2.11. The van der Waals surface area contributed by atoms with Gasteiger partial charge in [-0.05, 0) is 45.2 Å². The minimum Gasteiger partial charge on any atom is -0.353 e. The average molecular weight is 369 g/mol. The summed E-state index contributed by atoms with van der Waals surface area (Å²) in [6.07, 6.45) is 0. The Morgan fingerprint density at radius 2 is 2.17 bits per heavy atom. The Balaban J connectivity index is 2.00. The molecule has 0 radical (unpaired) electrons. The number of hydrogen-bond acceptors (Lipinski definition) is 6. The maximum absolute atomic E-state index is 13.7. The highest BCUT2D eigenvalue weighted by molar-refractivity contribution is 7.73. The van der Waals surface area contributed by atoms with E-state index in [0.29, 0.717) is 21.4 Å². The summed E-state index contributed by atoms with van der Waals surface area (Å²) in [7, 11) is 1.81. The van der Waals surface area contributed by atoms with Crippen molar-refractivity contribution in [1.29, 1.82) is 0 Å². The molecule has 1 heterocycles. The van der Waals surface area contributed by atoms with Crippen molar-refractivity contribution in [3.05, 3.63) is 34.0 Å². The van der Waals surface area contributed by atoms with Crippen LogP contribution in [0.2, 0.25) is 0 Å². The molecule has 0 aliphatic carbocycles. The first-order valence-electron chi connectivity index (χ1n) is 7.42. The Bertz CT molecular complexity index is 758. The van der Waals surface area contributed by atoms with Gasteiger partial charge in [0, 0.05) is 6.04 Å². The number of benzene rings is 1. The highest BCUT2D eigenvalue weighted by atomic mass is 32.1. The van der Waals surface area contributed by atoms with Crippen LogP contribution in [0, 0.1) is 9.77 Å². The SMILES string of the molecule is CC(C)NC(=O)CN(C)Cn1nc(Nc2ccccc2F)sc1=S. The van der Waals surface area contributed by atoms with Crippen LogP contribution in [0.5, 0.6) is 0 Å². The van der Waals surface area contributed by atoms with E-state index in [1.165, 1.54) is 17.4 Å². The number of amides is 1. The van der Waals surface area contributed by atoms with Crippen LogP contribution >= 0.6 is 23.6 Å². The van der Waals surface area contributed by atoms with Gasteiger partial charge in [0.1, 0.15) is 5.82 Å². The summed E-state index contributed by atoms with van der Waals surface area (Å²) < 4.78 is 15.8. The van der Waals surface area contributed by atoms with Crippen molar-refractivity contribution in [2.24, 2.45) is 0 Å². The Labute approximate surface area is 149 Å². The Morgan fingerprint density at radius 3 is 2.83 bits per heavy atom. The molecular weight excluding hydrogens is 349 g/mol. The molecule has 1 amide bonds. The van der Waals surface area contributed by atoms with Crippen molar-refractivity contribution in [1.82, 2.24) is 20.0 Å². The van der Waals surface area contributed by atoms with E-state index in [-0.39, 0.29) is 24.3 Å². The number of aromatic nitrogens is 2. The van der Waals surface area contributed by atoms with Crippen LogP contribution in [0.25, 0.3) is 0 Å². The zero-order chi connectivity index (χ0) is 17.7. The van der Waals surface area contributed by atoms with Gasteiger partial charge in [-0.1, -0.05) is 23.5 Å². The minimum absolute atomic E-state index is 0.0565. The molecule has 0 spiro atoms. The second kappa shape index (κ2) is 8.32. The predicted octanol–water partition coefficient (Wildman–Crippen LogP) is 2.97. The first kappa shape index (κ1) is 18.5. The fourth-order valence-corrected chi connectivity index (χ4v) is 3.02. The van der Waals surface area contributed by atoms with Crippen molar-refractivity contribution < 1.29 is 9.18 Å². The lowest BCUT2D eigenvalue weighted by molar-refractivity contribution is -0.122. The van der Waals surface area contributed by atoms with E-state index in [0.717, 1.165) is 0 Å². The third-order valence-electron chi connectivity index (χ3n) is 2.96. The van der Waals surface area contributed by atoms with Gasteiger partial charge in [-0.3, -0.25) is 9.69 Å². The number of anilines is 2. The zero-order valence-electron chi connectivity index (χ0n) is 13.7. The van der Waals surface area contributed by atoms with Crippen molar-refractivity contribution in [2.45, 2.75) is 26.6 Å². The Hall–Kier alpha value is -1.84. The molecule has 0 unspecified atom stereocenters. The fraction of sp³-hybridized carbons (Fsp3) is 0.400. The molecule has 6 nitrogen and oxygen atoms in total. The average Bonchev–Trinajstić information content (AvgIpc) is 2.80. The van der Waals surface area contributed by atoms with Gasteiger partial charge in [-0.25, -0.2) is 9.07 Å². The second-order valence-electron chi connectivity index (χ2n) is 5.66. The molecule has 0 atom stereocenters. The summed E-state index contributed by atoms with van der Waals surface area (Å²) in [6, 6.07) is 6.47. The van der Waals surface area contributed by atoms with Crippen molar-refractivity contribution in [2.75, 3.05) is 18.9 Å². The van der Waals surface area contributed by atoms with Crippen molar-refractivity contribution in [3.8, 4) is 0 Å². The number of carbonyl (C=O) groups is 1. The largest absolute Gasteiger partial charge is 0.353 e. The Kier molecular flexibility index (Phi) is 6.41. The Morgan fingerprint density at radius 1 is 1.46 bits per heavy atom. The van der Waals surface area contributed by atoms with Gasteiger partial charge in [-0.15, -0.1) is 5.10 Å². The first-order chi connectivity index (χ1) is 11.3. The monoisotopic (exact) mass is 369 g/mol. The number of hydrogen-bond donors (Lipinski definition) is 2. The van der Waals surface area contributed by atoms with E-state index in [9.17, 15) is 9.18 Å². The fourth-order valence-electron chi connectivity index (χ4n) is 2.02. The van der Waals surface area contributed by atoms with Gasteiger partial charge in [0.25, 0.3) is 0 Å². The number of rotatable bonds is 7. The molecule has 9 heteroatoms. The molecule has 0 saturated carbocycles. The first-order valence-corrected chi connectivity index (χ1v) is 8.65. The topological polar surface area (TPSA) is 62.2 Å². The van der Waals surface area contributed by atoms with E-state index >= 15 is 0 Å². The molecule has 0 aliphatic rings. The summed E-state index contributed by atoms with van der Waals surface area (Å²) in [5.41, 5.74) is 0.345. The number of halogens is 1. The molecule has 130 valence electrons. The van der Waals surface area contributed by atoms with Gasteiger partial charge in [-0.2, -0.15) is 0 Å². The molecule has 0 saturated heterocycles. The molecular formula is C15H20FN5OS2. The lowest BCUT2D eigenvalue weighted by atomic mass is 10.3. The van der Waals surface area contributed by atoms with E-state index in [4.69, 9.17) is 12.2 Å². The minimum atomic E-state index is -0.354. The van der Waals surface area contributed by atoms with Crippen LogP contribution < -0.4 is 10.6 Å². The molecule has 0 fully saturated rings. The normalized spacial score (nSPS) is 11.1. The van der Waals surface area contributed by atoms with Gasteiger partial charge >= 0.3 is 0 Å². The molecule has 0 aliphatic heterocycles. The van der Waals surface area contributed by atoms with Crippen LogP contribution in [0.15, 0.2) is 24.3 Å². The molecule has 1 aromatic heterocycles. The van der Waals surface area contributed by atoms with Crippen LogP contribution in [0.4, 0.5) is 15.2 Å². The quantitative estimate of drug-likeness (QED) is 0.735. The summed E-state index contributed by atoms with van der Waals surface area (Å²) in [5, 5.41) is 10.6. The predicted molar refractivity (Wildman–Crippen MR) is 96.5 cm³/mol. The van der Waals surface area contributed by atoms with E-state index < -0.39 is 0 Å². The molecule has 2 N–H and O–H groups in total. The number of carbonyl (C=O) groups excluding carboxylic acids is 1. The summed E-state index contributed by atoms with van der Waals surface area (Å²) in [5.74, 6) is -0.411. The highest BCUT2D eigenvalue weighted by Crippen LogP contribution is 2.22. The third-order valence-corrected chi connectivity index (χ3v) is 4.18. The van der Waals surface area contributed by atoms with Crippen molar-refractivity contribution >= 4 is 40.3 Å². The van der Waals surface area contributed by atoms with Gasteiger partial charge in [0.2, 0.25) is 11.0 Å². The zero-order valence-corrected chi connectivity index (χ0v) is 15.4. The lowest BCUT2D eigenvalue weighted by Crippen LogP contribution is -2.39. The smallest absolute Gasteiger partial charge is 0.234 e. The second-order valence-corrected chi connectivity index (χ2v) is 7.28. The van der Waals surface area contributed by atoms with Crippen LogP contribution in [-0.2, 0) is 11.5 Å². The van der Waals surface area contributed by atoms with E-state index in [2.05, 4.69) is 15.7 Å².